The van der Waals surface area contributed by atoms with Crippen LogP contribution in [0.15, 0.2) is 18.2 Å². The molecule has 0 saturated carbocycles. The molecule has 1 N–H and O–H groups in total. The van der Waals surface area contributed by atoms with Gasteiger partial charge in [-0.15, -0.1) is 0 Å². The molecule has 0 spiro atoms. The first-order chi connectivity index (χ1) is 6.98. The van der Waals surface area contributed by atoms with E-state index in [1.54, 1.807) is 18.2 Å². The summed E-state index contributed by atoms with van der Waals surface area (Å²) in [6, 6.07) is 4.90. The average Bonchev–Trinajstić information content (AvgIpc) is 2.15. The summed E-state index contributed by atoms with van der Waals surface area (Å²) >= 11 is 0. The van der Waals surface area contributed by atoms with E-state index in [1.807, 2.05) is 0 Å². The maximum atomic E-state index is 10.9. The summed E-state index contributed by atoms with van der Waals surface area (Å²) in [5, 5.41) is 9.01. The van der Waals surface area contributed by atoms with E-state index in [0.717, 1.165) is 0 Å². The third-order valence-corrected chi connectivity index (χ3v) is 2.86. The molecule has 0 aliphatic carbocycles. The molecule has 1 aromatic rings. The molecule has 84 valence electrons. The number of methoxy groups -OCH3 is 1. The van der Waals surface area contributed by atoms with Gasteiger partial charge in [0.1, 0.15) is 5.75 Å². The summed E-state index contributed by atoms with van der Waals surface area (Å²) < 4.78 is 26.9. The lowest BCUT2D eigenvalue weighted by molar-refractivity contribution is 0.273. The van der Waals surface area contributed by atoms with Gasteiger partial charge in [0.15, 0.2) is 0 Å². The molecule has 0 saturated heterocycles. The van der Waals surface area contributed by atoms with Crippen molar-refractivity contribution in [2.24, 2.45) is 0 Å². The molecule has 0 aliphatic heterocycles. The van der Waals surface area contributed by atoms with Crippen LogP contribution in [0.2, 0.25) is 0 Å². The van der Waals surface area contributed by atoms with Crippen LogP contribution in [-0.4, -0.2) is 20.6 Å². The molecule has 0 radical (unpaired) electrons. The smallest absolute Gasteiger partial charge is 0.236 e. The van der Waals surface area contributed by atoms with Crippen LogP contribution in [0.5, 0.6) is 5.75 Å². The van der Waals surface area contributed by atoms with E-state index in [0.29, 0.717) is 16.9 Å². The maximum absolute atomic E-state index is 10.9. The van der Waals surface area contributed by atoms with Crippen LogP contribution in [0.3, 0.4) is 0 Å². The van der Waals surface area contributed by atoms with Crippen molar-refractivity contribution in [2.45, 2.75) is 12.4 Å². The quantitative estimate of drug-likeness (QED) is 0.817. The van der Waals surface area contributed by atoms with Crippen LogP contribution in [0.1, 0.15) is 11.1 Å². The number of aliphatic hydroxyl groups is 1. The minimum absolute atomic E-state index is 0.209. The molecule has 1 aromatic carbocycles. The van der Waals surface area contributed by atoms with Gasteiger partial charge >= 0.3 is 0 Å². The molecular formula is C9H11ClO4S. The van der Waals surface area contributed by atoms with E-state index in [-0.39, 0.29) is 12.4 Å². The molecular weight excluding hydrogens is 240 g/mol. The van der Waals surface area contributed by atoms with Crippen LogP contribution in [0.4, 0.5) is 0 Å². The Kier molecular flexibility index (Phi) is 3.96. The van der Waals surface area contributed by atoms with Crippen molar-refractivity contribution in [3.05, 3.63) is 29.3 Å². The fourth-order valence-corrected chi connectivity index (χ4v) is 2.28. The van der Waals surface area contributed by atoms with Crippen LogP contribution >= 0.6 is 10.7 Å². The first-order valence-electron chi connectivity index (χ1n) is 4.16. The van der Waals surface area contributed by atoms with Crippen LogP contribution < -0.4 is 4.74 Å². The van der Waals surface area contributed by atoms with Crippen molar-refractivity contribution in [1.29, 1.82) is 0 Å². The fraction of sp³-hybridized carbons (Fsp3) is 0.333. The van der Waals surface area contributed by atoms with Gasteiger partial charge in [-0.2, -0.15) is 0 Å². The number of hydrogen-bond acceptors (Lipinski definition) is 4. The van der Waals surface area contributed by atoms with Gasteiger partial charge in [0.2, 0.25) is 9.05 Å². The molecule has 6 heteroatoms. The number of benzene rings is 1. The second-order valence-electron chi connectivity index (χ2n) is 2.95. The lowest BCUT2D eigenvalue weighted by atomic mass is 10.1. The second-order valence-corrected chi connectivity index (χ2v) is 5.73. The number of hydrogen-bond donors (Lipinski definition) is 1. The largest absolute Gasteiger partial charge is 0.496 e. The van der Waals surface area contributed by atoms with Gasteiger partial charge < -0.3 is 9.84 Å². The Balaban J connectivity index is 3.18. The Morgan fingerprint density at radius 3 is 2.47 bits per heavy atom. The third kappa shape index (κ3) is 3.37. The molecule has 15 heavy (non-hydrogen) atoms. The van der Waals surface area contributed by atoms with Gasteiger partial charge in [-0.3, -0.25) is 0 Å². The molecule has 1 rings (SSSR count). The molecule has 0 heterocycles. The Hall–Kier alpha value is -0.780. The van der Waals surface area contributed by atoms with Crippen LogP contribution in [-0.2, 0) is 21.4 Å². The van der Waals surface area contributed by atoms with Crippen LogP contribution in [0.25, 0.3) is 0 Å². The Morgan fingerprint density at radius 1 is 1.40 bits per heavy atom. The van der Waals surface area contributed by atoms with Crippen molar-refractivity contribution in [3.63, 3.8) is 0 Å². The van der Waals surface area contributed by atoms with Crippen molar-refractivity contribution in [3.8, 4) is 5.75 Å². The average molecular weight is 251 g/mol. The number of ether oxygens (including phenoxy) is 1. The standard InChI is InChI=1S/C9H11ClO4S/c1-14-9-7(5-11)3-2-4-8(9)6-15(10,12)13/h2-4,11H,5-6H2,1H3. The molecule has 0 aromatic heterocycles. The van der Waals surface area contributed by atoms with Crippen LogP contribution in [0, 0.1) is 0 Å². The number of rotatable bonds is 4. The number of halogens is 1. The second kappa shape index (κ2) is 4.83. The van der Waals surface area contributed by atoms with E-state index in [2.05, 4.69) is 0 Å². The molecule has 0 unspecified atom stereocenters. The van der Waals surface area contributed by atoms with E-state index in [1.165, 1.54) is 7.11 Å². The topological polar surface area (TPSA) is 63.6 Å². The zero-order chi connectivity index (χ0) is 11.5. The monoisotopic (exact) mass is 250 g/mol. The Bertz CT molecular complexity index is 441. The van der Waals surface area contributed by atoms with E-state index in [4.69, 9.17) is 20.5 Å². The highest BCUT2D eigenvalue weighted by molar-refractivity contribution is 8.13. The maximum Gasteiger partial charge on any atom is 0.236 e. The third-order valence-electron chi connectivity index (χ3n) is 1.88. The molecule has 0 amide bonds. The lowest BCUT2D eigenvalue weighted by Gasteiger charge is -2.10. The van der Waals surface area contributed by atoms with Crippen molar-refractivity contribution < 1.29 is 18.3 Å². The normalized spacial score (nSPS) is 11.4. The number of para-hydroxylation sites is 1. The predicted molar refractivity (Wildman–Crippen MR) is 57.4 cm³/mol. The highest BCUT2D eigenvalue weighted by Crippen LogP contribution is 2.26. The van der Waals surface area contributed by atoms with Gasteiger partial charge in [-0.1, -0.05) is 18.2 Å². The summed E-state index contributed by atoms with van der Waals surface area (Å²) in [4.78, 5) is 0. The van der Waals surface area contributed by atoms with Crippen molar-refractivity contribution in [1.82, 2.24) is 0 Å². The Labute approximate surface area is 92.9 Å². The Morgan fingerprint density at radius 2 is 2.00 bits per heavy atom. The molecule has 0 aliphatic rings. The van der Waals surface area contributed by atoms with E-state index >= 15 is 0 Å². The summed E-state index contributed by atoms with van der Waals surface area (Å²) in [7, 11) is 2.94. The minimum Gasteiger partial charge on any atom is -0.496 e. The van der Waals surface area contributed by atoms with Gasteiger partial charge in [0.25, 0.3) is 0 Å². The summed E-state index contributed by atoms with van der Waals surface area (Å²) in [5.41, 5.74) is 0.981. The van der Waals surface area contributed by atoms with Gasteiger partial charge in [0, 0.05) is 21.8 Å². The van der Waals surface area contributed by atoms with Gasteiger partial charge in [-0.25, -0.2) is 8.42 Å². The van der Waals surface area contributed by atoms with Gasteiger partial charge in [0.05, 0.1) is 19.5 Å². The number of aliphatic hydroxyl groups excluding tert-OH is 1. The zero-order valence-corrected chi connectivity index (χ0v) is 9.68. The summed E-state index contributed by atoms with van der Waals surface area (Å²) in [6.07, 6.45) is 0. The van der Waals surface area contributed by atoms with E-state index < -0.39 is 9.05 Å². The SMILES string of the molecule is COc1c(CO)cccc1CS(=O)(=O)Cl. The molecule has 0 atom stereocenters. The molecule has 4 nitrogen and oxygen atoms in total. The fourth-order valence-electron chi connectivity index (χ4n) is 1.32. The van der Waals surface area contributed by atoms with Crippen molar-refractivity contribution in [2.75, 3.05) is 7.11 Å². The zero-order valence-electron chi connectivity index (χ0n) is 8.10. The summed E-state index contributed by atoms with van der Waals surface area (Å²) in [5.74, 6) is 0.0511. The first kappa shape index (κ1) is 12.3. The van der Waals surface area contributed by atoms with E-state index in [9.17, 15) is 8.42 Å². The minimum atomic E-state index is -3.62. The van der Waals surface area contributed by atoms with Gasteiger partial charge in [-0.05, 0) is 0 Å². The molecule has 0 bridgehead atoms. The highest BCUT2D eigenvalue weighted by Gasteiger charge is 2.14. The lowest BCUT2D eigenvalue weighted by Crippen LogP contribution is -2.01. The molecule has 0 fully saturated rings. The highest BCUT2D eigenvalue weighted by atomic mass is 35.7. The first-order valence-corrected chi connectivity index (χ1v) is 6.63. The predicted octanol–water partition coefficient (Wildman–Crippen LogP) is 1.26. The summed E-state index contributed by atoms with van der Waals surface area (Å²) in [6.45, 7) is -0.209. The van der Waals surface area contributed by atoms with Crippen molar-refractivity contribution >= 4 is 19.7 Å².